The normalized spacial score (nSPS) is 20.3. The van der Waals surface area contributed by atoms with Gasteiger partial charge in [-0.2, -0.15) is 10.4 Å². The van der Waals surface area contributed by atoms with E-state index in [9.17, 15) is 10.1 Å². The molecular weight excluding hydrogens is 504 g/mol. The van der Waals surface area contributed by atoms with Crippen molar-refractivity contribution in [3.05, 3.63) is 65.5 Å². The molecule has 2 aliphatic rings. The predicted molar refractivity (Wildman–Crippen MR) is 141 cm³/mol. The van der Waals surface area contributed by atoms with Crippen LogP contribution in [0.1, 0.15) is 35.8 Å². The fourth-order valence-electron chi connectivity index (χ4n) is 5.65. The number of ether oxygens (including phenoxy) is 1. The predicted octanol–water partition coefficient (Wildman–Crippen LogP) is 3.75. The Labute approximate surface area is 224 Å². The highest BCUT2D eigenvalue weighted by Gasteiger charge is 2.42. The van der Waals surface area contributed by atoms with Crippen molar-refractivity contribution in [3.8, 4) is 23.1 Å². The van der Waals surface area contributed by atoms with Crippen molar-refractivity contribution in [2.45, 2.75) is 25.8 Å². The van der Waals surface area contributed by atoms with Crippen molar-refractivity contribution in [1.29, 1.82) is 5.26 Å². The molecule has 10 nitrogen and oxygen atoms in total. The SMILES string of the molecule is CCOc1cc(-c2cnc(N3C[C@H]4C[C@H](NC(=O)c5ncccc5Cl)C[C@H]4C3)cn2)c2c(C#N)cnn2c1. The minimum absolute atomic E-state index is 0.108. The summed E-state index contributed by atoms with van der Waals surface area (Å²) < 4.78 is 7.34. The molecule has 38 heavy (non-hydrogen) atoms. The van der Waals surface area contributed by atoms with Crippen molar-refractivity contribution >= 4 is 28.8 Å². The topological polar surface area (TPSA) is 121 Å². The van der Waals surface area contributed by atoms with E-state index in [0.29, 0.717) is 46.0 Å². The number of carbonyl (C=O) groups excluding carboxylic acids is 1. The molecule has 2 fully saturated rings. The van der Waals surface area contributed by atoms with Crippen LogP contribution in [0.2, 0.25) is 5.02 Å². The third-order valence-corrected chi connectivity index (χ3v) is 7.62. The lowest BCUT2D eigenvalue weighted by Gasteiger charge is -2.20. The van der Waals surface area contributed by atoms with Crippen LogP contribution in [0, 0.1) is 23.2 Å². The van der Waals surface area contributed by atoms with E-state index in [1.165, 1.54) is 0 Å². The van der Waals surface area contributed by atoms with Gasteiger partial charge in [-0.05, 0) is 49.8 Å². The number of pyridine rings is 2. The number of hydrogen-bond donors (Lipinski definition) is 1. The first-order valence-electron chi connectivity index (χ1n) is 12.6. The van der Waals surface area contributed by atoms with Crippen LogP contribution < -0.4 is 15.0 Å². The summed E-state index contributed by atoms with van der Waals surface area (Å²) in [5, 5.41) is 17.3. The van der Waals surface area contributed by atoms with Gasteiger partial charge in [0.05, 0.1) is 53.2 Å². The Morgan fingerprint density at radius 1 is 1.21 bits per heavy atom. The van der Waals surface area contributed by atoms with Crippen LogP contribution in [-0.2, 0) is 0 Å². The number of hydrogen-bond acceptors (Lipinski definition) is 8. The number of nitriles is 1. The lowest BCUT2D eigenvalue weighted by molar-refractivity contribution is 0.0931. The van der Waals surface area contributed by atoms with Crippen LogP contribution in [0.4, 0.5) is 5.82 Å². The van der Waals surface area contributed by atoms with Crippen LogP contribution >= 0.6 is 11.6 Å². The Hall–Kier alpha value is -4.23. The first-order valence-corrected chi connectivity index (χ1v) is 12.9. The summed E-state index contributed by atoms with van der Waals surface area (Å²) in [5.41, 5.74) is 2.80. The number of nitrogens with zero attached hydrogens (tertiary/aromatic N) is 7. The maximum Gasteiger partial charge on any atom is 0.271 e. The van der Waals surface area contributed by atoms with E-state index < -0.39 is 0 Å². The van der Waals surface area contributed by atoms with Gasteiger partial charge in [-0.1, -0.05) is 11.6 Å². The lowest BCUT2D eigenvalue weighted by atomic mass is 10.0. The minimum Gasteiger partial charge on any atom is -0.492 e. The Bertz CT molecular complexity index is 1530. The fourth-order valence-corrected chi connectivity index (χ4v) is 5.86. The molecule has 1 N–H and O–H groups in total. The van der Waals surface area contributed by atoms with Crippen LogP contribution in [0.5, 0.6) is 5.75 Å². The fraction of sp³-hybridized carbons (Fsp3) is 0.333. The zero-order valence-corrected chi connectivity index (χ0v) is 21.5. The summed E-state index contributed by atoms with van der Waals surface area (Å²) in [5.74, 6) is 2.17. The smallest absolute Gasteiger partial charge is 0.271 e. The monoisotopic (exact) mass is 528 g/mol. The summed E-state index contributed by atoms with van der Waals surface area (Å²) in [6.45, 7) is 4.15. The average Bonchev–Trinajstić information content (AvgIpc) is 3.62. The maximum atomic E-state index is 12.6. The van der Waals surface area contributed by atoms with Crippen molar-refractivity contribution in [2.75, 3.05) is 24.6 Å². The number of fused-ring (bicyclic) bond motifs is 2. The summed E-state index contributed by atoms with van der Waals surface area (Å²) >= 11 is 6.13. The van der Waals surface area contributed by atoms with E-state index in [1.807, 2.05) is 13.0 Å². The van der Waals surface area contributed by atoms with Gasteiger partial charge in [0, 0.05) is 30.9 Å². The molecule has 1 aliphatic carbocycles. The standard InChI is InChI=1S/C27H25ClN8O2/c1-2-38-20-8-21(26-18(9-29)10-33-36(26)15-20)23-11-32-24(12-31-23)35-13-16-6-19(7-17(16)14-35)34-27(37)25-22(28)4-3-5-30-25/h3-5,8,10-12,15-17,19H,2,6-7,13-14H2,1H3,(H,34,37)/t16-,17+,19+. The number of rotatable bonds is 6. The summed E-state index contributed by atoms with van der Waals surface area (Å²) in [6.07, 6.45) is 10.2. The molecule has 0 spiro atoms. The van der Waals surface area contributed by atoms with Crippen LogP contribution in [0.25, 0.3) is 16.8 Å². The number of anilines is 1. The van der Waals surface area contributed by atoms with E-state index >= 15 is 0 Å². The van der Waals surface area contributed by atoms with Crippen molar-refractivity contribution < 1.29 is 9.53 Å². The Kier molecular flexibility index (Phi) is 6.29. The number of amides is 1. The first-order chi connectivity index (χ1) is 18.5. The Morgan fingerprint density at radius 3 is 2.71 bits per heavy atom. The number of carbonyl (C=O) groups is 1. The molecule has 0 aromatic carbocycles. The van der Waals surface area contributed by atoms with Crippen molar-refractivity contribution in [1.82, 2.24) is 29.9 Å². The molecule has 4 aromatic rings. The second-order valence-electron chi connectivity index (χ2n) is 9.65. The van der Waals surface area contributed by atoms with Gasteiger partial charge in [-0.15, -0.1) is 0 Å². The molecule has 1 saturated heterocycles. The van der Waals surface area contributed by atoms with Crippen LogP contribution in [-0.4, -0.2) is 56.2 Å². The van der Waals surface area contributed by atoms with Gasteiger partial charge in [0.15, 0.2) is 0 Å². The van der Waals surface area contributed by atoms with E-state index in [2.05, 4.69) is 26.4 Å². The van der Waals surface area contributed by atoms with Gasteiger partial charge in [0.25, 0.3) is 5.91 Å². The van der Waals surface area contributed by atoms with E-state index in [0.717, 1.165) is 37.3 Å². The molecule has 1 amide bonds. The maximum absolute atomic E-state index is 12.6. The summed E-state index contributed by atoms with van der Waals surface area (Å²) in [6, 6.07) is 7.57. The average molecular weight is 529 g/mol. The van der Waals surface area contributed by atoms with Gasteiger partial charge < -0.3 is 15.0 Å². The molecule has 0 unspecified atom stereocenters. The quantitative estimate of drug-likeness (QED) is 0.401. The van der Waals surface area contributed by atoms with E-state index in [4.69, 9.17) is 26.3 Å². The van der Waals surface area contributed by atoms with Crippen molar-refractivity contribution in [2.24, 2.45) is 11.8 Å². The highest BCUT2D eigenvalue weighted by molar-refractivity contribution is 6.33. The molecule has 1 aliphatic heterocycles. The van der Waals surface area contributed by atoms with Gasteiger partial charge >= 0.3 is 0 Å². The second kappa shape index (κ2) is 9.91. The zero-order chi connectivity index (χ0) is 26.2. The number of halogens is 1. The molecule has 192 valence electrons. The van der Waals surface area contributed by atoms with Gasteiger partial charge in [-0.3, -0.25) is 9.78 Å². The van der Waals surface area contributed by atoms with Gasteiger partial charge in [0.1, 0.15) is 23.3 Å². The third-order valence-electron chi connectivity index (χ3n) is 7.32. The zero-order valence-electron chi connectivity index (χ0n) is 20.7. The number of aromatic nitrogens is 5. The van der Waals surface area contributed by atoms with Gasteiger partial charge in [0.2, 0.25) is 0 Å². The molecule has 6 rings (SSSR count). The van der Waals surface area contributed by atoms with Gasteiger partial charge in [-0.25, -0.2) is 14.5 Å². The lowest BCUT2D eigenvalue weighted by Crippen LogP contribution is -2.35. The van der Waals surface area contributed by atoms with Crippen LogP contribution in [0.3, 0.4) is 0 Å². The molecule has 0 bridgehead atoms. The third kappa shape index (κ3) is 4.39. The van der Waals surface area contributed by atoms with Crippen molar-refractivity contribution in [3.63, 3.8) is 0 Å². The number of nitrogens with one attached hydrogen (secondary N) is 1. The first kappa shape index (κ1) is 24.1. The minimum atomic E-state index is -0.223. The molecule has 0 radical (unpaired) electrons. The van der Waals surface area contributed by atoms with E-state index in [1.54, 1.807) is 47.6 Å². The largest absolute Gasteiger partial charge is 0.492 e. The van der Waals surface area contributed by atoms with Crippen LogP contribution in [0.15, 0.2) is 49.2 Å². The molecule has 3 atom stereocenters. The molecule has 1 saturated carbocycles. The molecule has 11 heteroatoms. The summed E-state index contributed by atoms with van der Waals surface area (Å²) in [4.78, 5) is 28.4. The molecule has 4 aromatic heterocycles. The second-order valence-corrected chi connectivity index (χ2v) is 10.1. The van der Waals surface area contributed by atoms with E-state index in [-0.39, 0.29) is 17.6 Å². The molecular formula is C27H25ClN8O2. The summed E-state index contributed by atoms with van der Waals surface area (Å²) in [7, 11) is 0. The molecule has 5 heterocycles. The highest BCUT2D eigenvalue weighted by Crippen LogP contribution is 2.40. The Morgan fingerprint density at radius 2 is 2.03 bits per heavy atom. The Balaban J connectivity index is 1.15. The highest BCUT2D eigenvalue weighted by atomic mass is 35.5.